The van der Waals surface area contributed by atoms with Gasteiger partial charge in [0.1, 0.15) is 11.9 Å². The minimum Gasteiger partial charge on any atom is -0.480 e. The van der Waals surface area contributed by atoms with Crippen molar-refractivity contribution in [3.63, 3.8) is 0 Å². The van der Waals surface area contributed by atoms with Crippen molar-refractivity contribution >= 4 is 23.4 Å². The SMILES string of the molecule is CCC(Nc1ccnc(Cl)n1)C(=O)O. The summed E-state index contributed by atoms with van der Waals surface area (Å²) in [6, 6.07) is 0.915. The first-order chi connectivity index (χ1) is 6.63. The fourth-order valence-electron chi connectivity index (χ4n) is 0.932. The molecular formula is C8H10ClN3O2. The highest BCUT2D eigenvalue weighted by Gasteiger charge is 2.14. The molecule has 0 aliphatic rings. The molecule has 0 amide bonds. The fourth-order valence-corrected chi connectivity index (χ4v) is 1.08. The van der Waals surface area contributed by atoms with E-state index in [1.165, 1.54) is 6.20 Å². The molecule has 0 aromatic carbocycles. The lowest BCUT2D eigenvalue weighted by Crippen LogP contribution is -2.28. The Morgan fingerprint density at radius 2 is 2.50 bits per heavy atom. The number of aromatic nitrogens is 2. The van der Waals surface area contributed by atoms with Crippen LogP contribution in [-0.4, -0.2) is 27.1 Å². The van der Waals surface area contributed by atoms with Crippen LogP contribution in [-0.2, 0) is 4.79 Å². The van der Waals surface area contributed by atoms with Crippen molar-refractivity contribution in [2.45, 2.75) is 19.4 Å². The summed E-state index contributed by atoms with van der Waals surface area (Å²) >= 11 is 5.54. The largest absolute Gasteiger partial charge is 0.480 e. The maximum absolute atomic E-state index is 10.7. The summed E-state index contributed by atoms with van der Waals surface area (Å²) in [7, 11) is 0. The molecule has 1 rings (SSSR count). The van der Waals surface area contributed by atoms with Crippen LogP contribution in [0.5, 0.6) is 0 Å². The lowest BCUT2D eigenvalue weighted by atomic mass is 10.2. The summed E-state index contributed by atoms with van der Waals surface area (Å²) in [6.45, 7) is 1.77. The first kappa shape index (κ1) is 10.7. The molecule has 76 valence electrons. The maximum Gasteiger partial charge on any atom is 0.326 e. The Morgan fingerprint density at radius 1 is 1.79 bits per heavy atom. The van der Waals surface area contributed by atoms with E-state index in [2.05, 4.69) is 15.3 Å². The van der Waals surface area contributed by atoms with Crippen LogP contribution in [0.1, 0.15) is 13.3 Å². The van der Waals surface area contributed by atoms with Gasteiger partial charge >= 0.3 is 5.97 Å². The van der Waals surface area contributed by atoms with E-state index in [0.717, 1.165) is 0 Å². The Morgan fingerprint density at radius 3 is 3.00 bits per heavy atom. The molecule has 1 aromatic heterocycles. The highest BCUT2D eigenvalue weighted by Crippen LogP contribution is 2.08. The molecule has 0 saturated carbocycles. The van der Waals surface area contributed by atoms with Gasteiger partial charge in [0.25, 0.3) is 0 Å². The third-order valence-corrected chi connectivity index (χ3v) is 1.84. The van der Waals surface area contributed by atoms with Gasteiger partial charge in [0, 0.05) is 6.20 Å². The Bertz CT molecular complexity index is 332. The minimum atomic E-state index is -0.915. The van der Waals surface area contributed by atoms with E-state index in [1.807, 2.05) is 0 Å². The number of anilines is 1. The zero-order valence-electron chi connectivity index (χ0n) is 7.57. The maximum atomic E-state index is 10.7. The Kier molecular flexibility index (Phi) is 3.64. The van der Waals surface area contributed by atoms with Gasteiger partial charge in [-0.3, -0.25) is 0 Å². The quantitative estimate of drug-likeness (QED) is 0.743. The van der Waals surface area contributed by atoms with Crippen molar-refractivity contribution in [2.24, 2.45) is 0 Å². The summed E-state index contributed by atoms with van der Waals surface area (Å²) in [5, 5.41) is 11.6. The smallest absolute Gasteiger partial charge is 0.326 e. The second-order valence-electron chi connectivity index (χ2n) is 2.65. The highest BCUT2D eigenvalue weighted by atomic mass is 35.5. The summed E-state index contributed by atoms with van der Waals surface area (Å²) in [5.41, 5.74) is 0. The van der Waals surface area contributed by atoms with Gasteiger partial charge in [-0.1, -0.05) is 6.92 Å². The molecule has 1 aromatic rings. The number of carboxylic acids is 1. The Hall–Kier alpha value is -1.36. The van der Waals surface area contributed by atoms with Crippen molar-refractivity contribution < 1.29 is 9.90 Å². The zero-order valence-corrected chi connectivity index (χ0v) is 8.32. The first-order valence-corrected chi connectivity index (χ1v) is 4.49. The minimum absolute atomic E-state index is 0.0928. The summed E-state index contributed by atoms with van der Waals surface area (Å²) < 4.78 is 0. The van der Waals surface area contributed by atoms with Crippen LogP contribution in [0.15, 0.2) is 12.3 Å². The van der Waals surface area contributed by atoms with Crippen LogP contribution in [0.25, 0.3) is 0 Å². The molecule has 0 aliphatic heterocycles. The van der Waals surface area contributed by atoms with E-state index in [9.17, 15) is 4.79 Å². The van der Waals surface area contributed by atoms with Crippen molar-refractivity contribution in [3.05, 3.63) is 17.5 Å². The molecule has 1 atom stereocenters. The predicted octanol–water partition coefficient (Wildman–Crippen LogP) is 1.41. The van der Waals surface area contributed by atoms with E-state index in [4.69, 9.17) is 16.7 Å². The third kappa shape index (κ3) is 2.85. The lowest BCUT2D eigenvalue weighted by Gasteiger charge is -2.12. The number of halogens is 1. The molecule has 0 radical (unpaired) electrons. The second-order valence-corrected chi connectivity index (χ2v) is 2.99. The molecular weight excluding hydrogens is 206 g/mol. The molecule has 2 N–H and O–H groups in total. The second kappa shape index (κ2) is 4.76. The van der Waals surface area contributed by atoms with Crippen LogP contribution >= 0.6 is 11.6 Å². The first-order valence-electron chi connectivity index (χ1n) is 4.11. The van der Waals surface area contributed by atoms with Crippen molar-refractivity contribution in [3.8, 4) is 0 Å². The number of nitrogens with one attached hydrogen (secondary N) is 1. The van der Waals surface area contributed by atoms with Gasteiger partial charge in [0.05, 0.1) is 0 Å². The number of hydrogen-bond acceptors (Lipinski definition) is 4. The van der Waals surface area contributed by atoms with E-state index in [1.54, 1.807) is 13.0 Å². The van der Waals surface area contributed by atoms with E-state index in [-0.39, 0.29) is 5.28 Å². The normalized spacial score (nSPS) is 12.1. The van der Waals surface area contributed by atoms with Crippen LogP contribution in [0.2, 0.25) is 5.28 Å². The van der Waals surface area contributed by atoms with Crippen LogP contribution < -0.4 is 5.32 Å². The van der Waals surface area contributed by atoms with Gasteiger partial charge in [0.2, 0.25) is 5.28 Å². The molecule has 0 spiro atoms. The van der Waals surface area contributed by atoms with Crippen molar-refractivity contribution in [1.82, 2.24) is 9.97 Å². The average Bonchev–Trinajstić information content (AvgIpc) is 2.14. The van der Waals surface area contributed by atoms with Crippen LogP contribution in [0, 0.1) is 0 Å². The molecule has 14 heavy (non-hydrogen) atoms. The summed E-state index contributed by atoms with van der Waals surface area (Å²) in [5.74, 6) is -0.499. The molecule has 0 saturated heterocycles. The van der Waals surface area contributed by atoms with E-state index in [0.29, 0.717) is 12.2 Å². The van der Waals surface area contributed by atoms with Gasteiger partial charge in [0.15, 0.2) is 0 Å². The predicted molar refractivity (Wildman–Crippen MR) is 52.4 cm³/mol. The molecule has 1 unspecified atom stereocenters. The van der Waals surface area contributed by atoms with E-state index < -0.39 is 12.0 Å². The average molecular weight is 216 g/mol. The number of carboxylic acid groups (broad SMARTS) is 1. The Labute approximate surface area is 86.1 Å². The number of nitrogens with zero attached hydrogens (tertiary/aromatic N) is 2. The van der Waals surface area contributed by atoms with Gasteiger partial charge in [-0.2, -0.15) is 0 Å². The zero-order chi connectivity index (χ0) is 10.6. The fraction of sp³-hybridized carbons (Fsp3) is 0.375. The number of hydrogen-bond donors (Lipinski definition) is 2. The van der Waals surface area contributed by atoms with Gasteiger partial charge < -0.3 is 10.4 Å². The van der Waals surface area contributed by atoms with Crippen molar-refractivity contribution in [2.75, 3.05) is 5.32 Å². The number of rotatable bonds is 4. The van der Waals surface area contributed by atoms with Crippen LogP contribution in [0.4, 0.5) is 5.82 Å². The van der Waals surface area contributed by atoms with Gasteiger partial charge in [-0.15, -0.1) is 0 Å². The van der Waals surface area contributed by atoms with Gasteiger partial charge in [-0.25, -0.2) is 14.8 Å². The highest BCUT2D eigenvalue weighted by molar-refractivity contribution is 6.28. The molecule has 6 heteroatoms. The molecule has 5 nitrogen and oxygen atoms in total. The lowest BCUT2D eigenvalue weighted by molar-refractivity contribution is -0.137. The van der Waals surface area contributed by atoms with Crippen molar-refractivity contribution in [1.29, 1.82) is 0 Å². The molecule has 0 fully saturated rings. The summed E-state index contributed by atoms with van der Waals surface area (Å²) in [6.07, 6.45) is 1.93. The number of aliphatic carboxylic acids is 1. The van der Waals surface area contributed by atoms with Gasteiger partial charge in [-0.05, 0) is 24.1 Å². The monoisotopic (exact) mass is 215 g/mol. The summed E-state index contributed by atoms with van der Waals surface area (Å²) in [4.78, 5) is 18.2. The Balaban J connectivity index is 2.72. The van der Waals surface area contributed by atoms with E-state index >= 15 is 0 Å². The molecule has 0 aliphatic carbocycles. The van der Waals surface area contributed by atoms with Crippen LogP contribution in [0.3, 0.4) is 0 Å². The third-order valence-electron chi connectivity index (χ3n) is 1.65. The number of carbonyl (C=O) groups is 1. The standard InChI is InChI=1S/C8H10ClN3O2/c1-2-5(7(13)14)11-6-3-4-10-8(9)12-6/h3-5H,2H2,1H3,(H,13,14)(H,10,11,12). The topological polar surface area (TPSA) is 75.1 Å². The molecule has 0 bridgehead atoms. The molecule has 1 heterocycles.